The fraction of sp³-hybridized carbons (Fsp3) is 0.0455. The van der Waals surface area contributed by atoms with E-state index < -0.39 is 21.3 Å². The summed E-state index contributed by atoms with van der Waals surface area (Å²) >= 11 is 0.937. The molecule has 0 aliphatic carbocycles. The van der Waals surface area contributed by atoms with Gasteiger partial charge in [0.15, 0.2) is 0 Å². The summed E-state index contributed by atoms with van der Waals surface area (Å²) in [6.07, 6.45) is 1.43. The highest BCUT2D eigenvalue weighted by molar-refractivity contribution is 7.07. The van der Waals surface area contributed by atoms with Gasteiger partial charge in [-0.25, -0.2) is 0 Å². The smallest absolute Gasteiger partial charge is 0.274 e. The molecule has 34 heavy (non-hydrogen) atoms. The third-order valence-electron chi connectivity index (χ3n) is 5.18. The first-order valence-electron chi connectivity index (χ1n) is 9.53. The molecule has 1 atom stereocenters. The van der Waals surface area contributed by atoms with Crippen LogP contribution < -0.4 is 20.5 Å². The minimum atomic E-state index is -1.00. The number of hydrogen-bond acceptors (Lipinski definition) is 9. The van der Waals surface area contributed by atoms with Crippen molar-refractivity contribution < 1.29 is 9.85 Å². The number of non-ortho nitro benzene ring substituents is 2. The molecule has 0 spiro atoms. The van der Waals surface area contributed by atoms with E-state index in [-0.39, 0.29) is 37.5 Å². The van der Waals surface area contributed by atoms with Crippen LogP contribution in [0.1, 0.15) is 17.0 Å². The summed E-state index contributed by atoms with van der Waals surface area (Å²) in [4.78, 5) is 34.3. The van der Waals surface area contributed by atoms with Crippen molar-refractivity contribution in [3.63, 3.8) is 0 Å². The van der Waals surface area contributed by atoms with Gasteiger partial charge in [0.2, 0.25) is 0 Å². The molecule has 11 nitrogen and oxygen atoms in total. The molecule has 0 radical (unpaired) electrons. The third kappa shape index (κ3) is 3.60. The monoisotopic (exact) mass is 472 g/mol. The fourth-order valence-corrected chi connectivity index (χ4v) is 4.81. The standard InChI is InChI=1S/C22H12N6O5S/c23-10-16-19(13-4-2-6-15(9-13)28(32)33)17(11-24)22-26(20(16)25)21(29)18(34-22)8-12-3-1-5-14(7-12)27(30)31/h1-9,19H,25H2/b18-8-/t19-/m1/s1. The van der Waals surface area contributed by atoms with Crippen molar-refractivity contribution >= 4 is 40.2 Å². The summed E-state index contributed by atoms with van der Waals surface area (Å²) in [6.45, 7) is 0. The van der Waals surface area contributed by atoms with Gasteiger partial charge in [0.05, 0.1) is 43.6 Å². The Kier molecular flexibility index (Phi) is 5.51. The van der Waals surface area contributed by atoms with Crippen molar-refractivity contribution in [2.45, 2.75) is 5.92 Å². The van der Waals surface area contributed by atoms with Crippen molar-refractivity contribution in [2.24, 2.45) is 5.73 Å². The average molecular weight is 472 g/mol. The number of hydrogen-bond donors (Lipinski definition) is 1. The maximum Gasteiger partial charge on any atom is 0.274 e. The number of nitro groups is 2. The molecule has 166 valence electrons. The Hall–Kier alpha value is -5.07. The predicted octanol–water partition coefficient (Wildman–Crippen LogP) is 1.68. The van der Waals surface area contributed by atoms with Gasteiger partial charge < -0.3 is 5.73 Å². The number of thiazole rings is 1. The van der Waals surface area contributed by atoms with Crippen LogP contribution in [0, 0.1) is 42.9 Å². The molecule has 1 aromatic heterocycles. The average Bonchev–Trinajstić information content (AvgIpc) is 3.15. The van der Waals surface area contributed by atoms with Crippen LogP contribution in [0.3, 0.4) is 0 Å². The van der Waals surface area contributed by atoms with E-state index in [1.807, 2.05) is 12.1 Å². The van der Waals surface area contributed by atoms with Crippen LogP contribution in [-0.2, 0) is 0 Å². The molecule has 0 bridgehead atoms. The molecule has 0 unspecified atom stereocenters. The number of fused-ring (bicyclic) bond motifs is 1. The Morgan fingerprint density at radius 3 is 2.24 bits per heavy atom. The maximum absolute atomic E-state index is 13.1. The summed E-state index contributed by atoms with van der Waals surface area (Å²) < 4.78 is 1.37. The summed E-state index contributed by atoms with van der Waals surface area (Å²) in [6, 6.07) is 15.1. The van der Waals surface area contributed by atoms with E-state index in [2.05, 4.69) is 0 Å². The van der Waals surface area contributed by atoms with Crippen molar-refractivity contribution in [3.05, 3.63) is 105 Å². The number of nitriles is 2. The maximum atomic E-state index is 13.1. The van der Waals surface area contributed by atoms with Crippen LogP contribution >= 0.6 is 11.3 Å². The van der Waals surface area contributed by atoms with E-state index in [1.54, 1.807) is 6.07 Å². The van der Waals surface area contributed by atoms with Crippen LogP contribution in [0.25, 0.3) is 17.5 Å². The van der Waals surface area contributed by atoms with E-state index in [0.29, 0.717) is 11.1 Å². The molecule has 3 aromatic rings. The van der Waals surface area contributed by atoms with Crippen molar-refractivity contribution in [1.29, 1.82) is 10.5 Å². The number of allylic oxidation sites excluding steroid dienone is 1. The highest BCUT2D eigenvalue weighted by atomic mass is 32.1. The van der Waals surface area contributed by atoms with E-state index >= 15 is 0 Å². The highest BCUT2D eigenvalue weighted by Gasteiger charge is 2.32. The van der Waals surface area contributed by atoms with Crippen LogP contribution in [0.15, 0.2) is 58.9 Å². The molecule has 2 heterocycles. The van der Waals surface area contributed by atoms with Gasteiger partial charge in [-0.15, -0.1) is 11.3 Å². The van der Waals surface area contributed by atoms with Gasteiger partial charge in [0, 0.05) is 24.3 Å². The molecule has 0 fully saturated rings. The zero-order valence-electron chi connectivity index (χ0n) is 17.0. The predicted molar refractivity (Wildman–Crippen MR) is 122 cm³/mol. The third-order valence-corrected chi connectivity index (χ3v) is 6.29. The Labute approximate surface area is 194 Å². The van der Waals surface area contributed by atoms with Crippen LogP contribution in [0.5, 0.6) is 0 Å². The second kappa shape index (κ2) is 8.46. The zero-order valence-corrected chi connectivity index (χ0v) is 17.9. The lowest BCUT2D eigenvalue weighted by Gasteiger charge is -2.22. The Balaban J connectivity index is 2.02. The summed E-state index contributed by atoms with van der Waals surface area (Å²) in [5.41, 5.74) is 5.85. The number of nitro benzene ring substituents is 2. The minimum Gasteiger partial charge on any atom is -0.384 e. The summed E-state index contributed by atoms with van der Waals surface area (Å²) in [5.74, 6) is -1.19. The van der Waals surface area contributed by atoms with Crippen LogP contribution in [-0.4, -0.2) is 14.4 Å². The van der Waals surface area contributed by atoms with Gasteiger partial charge in [-0.2, -0.15) is 10.5 Å². The normalized spacial score (nSPS) is 15.4. The lowest BCUT2D eigenvalue weighted by molar-refractivity contribution is -0.385. The van der Waals surface area contributed by atoms with Crippen molar-refractivity contribution in [2.75, 3.05) is 0 Å². The first-order valence-corrected chi connectivity index (χ1v) is 10.3. The van der Waals surface area contributed by atoms with Gasteiger partial charge in [-0.3, -0.25) is 29.6 Å². The number of rotatable bonds is 4. The second-order valence-corrected chi connectivity index (χ2v) is 8.16. The largest absolute Gasteiger partial charge is 0.384 e. The molecule has 0 saturated heterocycles. The SMILES string of the molecule is N#CC1=C(N)n2c(s/c(=C\c3cccc([N+](=O)[O-])c3)c2=O)=C(C#N)[C@@H]1c1cccc([N+](=O)[O-])c1. The van der Waals surface area contributed by atoms with E-state index in [9.17, 15) is 35.5 Å². The molecule has 2 N–H and O–H groups in total. The molecule has 1 aliphatic rings. The molecular weight excluding hydrogens is 460 g/mol. The molecular formula is C22H12N6O5S. The molecule has 4 rings (SSSR count). The van der Waals surface area contributed by atoms with E-state index in [4.69, 9.17) is 5.73 Å². The van der Waals surface area contributed by atoms with E-state index in [0.717, 1.165) is 15.9 Å². The zero-order chi connectivity index (χ0) is 24.6. The molecule has 0 amide bonds. The van der Waals surface area contributed by atoms with Crippen LogP contribution in [0.4, 0.5) is 11.4 Å². The number of nitrogens with zero attached hydrogens (tertiary/aromatic N) is 5. The van der Waals surface area contributed by atoms with Crippen molar-refractivity contribution in [3.8, 4) is 12.1 Å². The molecule has 1 aliphatic heterocycles. The Morgan fingerprint density at radius 1 is 1.00 bits per heavy atom. The number of nitrogens with two attached hydrogens (primary N) is 1. The molecule has 2 aromatic carbocycles. The second-order valence-electron chi connectivity index (χ2n) is 7.13. The fourth-order valence-electron chi connectivity index (χ4n) is 3.68. The molecule has 12 heteroatoms. The van der Waals surface area contributed by atoms with Gasteiger partial charge in [0.25, 0.3) is 16.9 Å². The van der Waals surface area contributed by atoms with Crippen LogP contribution in [0.2, 0.25) is 0 Å². The summed E-state index contributed by atoms with van der Waals surface area (Å²) in [7, 11) is 0. The quantitative estimate of drug-likeness (QED) is 0.439. The first-order chi connectivity index (χ1) is 16.3. The van der Waals surface area contributed by atoms with Gasteiger partial charge in [-0.1, -0.05) is 24.3 Å². The van der Waals surface area contributed by atoms with Gasteiger partial charge in [-0.05, 0) is 17.2 Å². The topological polar surface area (TPSA) is 182 Å². The minimum absolute atomic E-state index is 0.0343. The number of aromatic nitrogens is 1. The molecule has 0 saturated carbocycles. The lowest BCUT2D eigenvalue weighted by Crippen LogP contribution is -2.38. The summed E-state index contributed by atoms with van der Waals surface area (Å²) in [5, 5.41) is 42.0. The Morgan fingerprint density at radius 2 is 1.62 bits per heavy atom. The van der Waals surface area contributed by atoms with Gasteiger partial charge in [0.1, 0.15) is 10.5 Å². The highest BCUT2D eigenvalue weighted by Crippen LogP contribution is 2.36. The van der Waals surface area contributed by atoms with E-state index in [1.165, 1.54) is 48.5 Å². The Bertz CT molecular complexity index is 1690. The lowest BCUT2D eigenvalue weighted by atomic mass is 9.84. The number of benzene rings is 2. The van der Waals surface area contributed by atoms with Crippen molar-refractivity contribution in [1.82, 2.24) is 4.57 Å². The van der Waals surface area contributed by atoms with Gasteiger partial charge >= 0.3 is 0 Å². The first kappa shape index (κ1) is 22.1.